The quantitative estimate of drug-likeness (QED) is 0.448. The highest BCUT2D eigenvalue weighted by Gasteiger charge is 2.18. The Morgan fingerprint density at radius 1 is 0.970 bits per heavy atom. The minimum Gasteiger partial charge on any atom is -0.462 e. The number of nitrogens with one attached hydrogen (secondary N) is 2. The predicted molar refractivity (Wildman–Crippen MR) is 129 cm³/mol. The number of hydrogen-bond acceptors (Lipinski definition) is 5. The fourth-order valence-corrected chi connectivity index (χ4v) is 4.28. The summed E-state index contributed by atoms with van der Waals surface area (Å²) in [5, 5.41) is 2.89. The van der Waals surface area contributed by atoms with Crippen molar-refractivity contribution in [1.82, 2.24) is 0 Å². The Kier molecular flexibility index (Phi) is 7.40. The average Bonchev–Trinajstić information content (AvgIpc) is 2.76. The lowest BCUT2D eigenvalue weighted by molar-refractivity contribution is 0.0526. The van der Waals surface area contributed by atoms with Gasteiger partial charge in [0.15, 0.2) is 0 Å². The van der Waals surface area contributed by atoms with Crippen LogP contribution in [0.25, 0.3) is 0 Å². The summed E-state index contributed by atoms with van der Waals surface area (Å²) in [5.74, 6) is -1.08. The van der Waals surface area contributed by atoms with Crippen LogP contribution in [0.5, 0.6) is 0 Å². The highest BCUT2D eigenvalue weighted by Crippen LogP contribution is 2.24. The van der Waals surface area contributed by atoms with Gasteiger partial charge in [0.2, 0.25) is 0 Å². The molecule has 33 heavy (non-hydrogen) atoms. The van der Waals surface area contributed by atoms with Crippen LogP contribution in [0.3, 0.4) is 0 Å². The molecule has 0 aromatic heterocycles. The molecule has 0 fully saturated rings. The molecule has 9 heteroatoms. The number of anilines is 2. The highest BCUT2D eigenvalue weighted by atomic mass is 35.5. The van der Waals surface area contributed by atoms with Crippen molar-refractivity contribution in [2.75, 3.05) is 16.6 Å². The Morgan fingerprint density at radius 3 is 2.33 bits per heavy atom. The zero-order valence-electron chi connectivity index (χ0n) is 18.3. The standard InChI is InChI=1S/C24H23ClN2O5S/c1-4-32-24(29)20-14-18(9-12-21(20)25)26-23(28)17-8-7-16(3)22(13-17)27-33(30,31)19-10-5-15(2)6-11-19/h5-14,27H,4H2,1-3H3,(H,26,28). The van der Waals surface area contributed by atoms with Crippen molar-refractivity contribution < 1.29 is 22.7 Å². The van der Waals surface area contributed by atoms with E-state index in [-0.39, 0.29) is 33.3 Å². The molecule has 0 bridgehead atoms. The van der Waals surface area contributed by atoms with Crippen molar-refractivity contribution in [3.8, 4) is 0 Å². The van der Waals surface area contributed by atoms with Crippen molar-refractivity contribution in [3.63, 3.8) is 0 Å². The summed E-state index contributed by atoms with van der Waals surface area (Å²) in [7, 11) is -3.83. The average molecular weight is 487 g/mol. The molecule has 0 aliphatic heterocycles. The zero-order valence-corrected chi connectivity index (χ0v) is 19.9. The minimum absolute atomic E-state index is 0.120. The van der Waals surface area contributed by atoms with Crippen LogP contribution in [0.15, 0.2) is 65.6 Å². The highest BCUT2D eigenvalue weighted by molar-refractivity contribution is 7.92. The number of aryl methyl sites for hydroxylation is 2. The second-order valence-electron chi connectivity index (χ2n) is 7.32. The molecule has 0 spiro atoms. The van der Waals surface area contributed by atoms with E-state index >= 15 is 0 Å². The maximum atomic E-state index is 12.8. The van der Waals surface area contributed by atoms with E-state index in [4.69, 9.17) is 16.3 Å². The van der Waals surface area contributed by atoms with Gasteiger partial charge in [-0.3, -0.25) is 9.52 Å². The van der Waals surface area contributed by atoms with Crippen LogP contribution in [-0.2, 0) is 14.8 Å². The Hall–Kier alpha value is -3.36. The van der Waals surface area contributed by atoms with E-state index in [1.165, 1.54) is 30.3 Å². The number of benzene rings is 3. The number of carbonyl (C=O) groups excluding carboxylic acids is 2. The molecular formula is C24H23ClN2O5S. The van der Waals surface area contributed by atoms with Crippen LogP contribution in [-0.4, -0.2) is 26.9 Å². The molecule has 3 aromatic carbocycles. The van der Waals surface area contributed by atoms with E-state index < -0.39 is 21.9 Å². The van der Waals surface area contributed by atoms with E-state index in [1.807, 2.05) is 6.92 Å². The molecule has 0 saturated carbocycles. The molecule has 0 unspecified atom stereocenters. The number of sulfonamides is 1. The van der Waals surface area contributed by atoms with Gasteiger partial charge in [-0.2, -0.15) is 0 Å². The Bertz CT molecular complexity index is 1300. The molecule has 0 aliphatic rings. The molecule has 0 radical (unpaired) electrons. The summed E-state index contributed by atoms with van der Waals surface area (Å²) in [5.41, 5.74) is 2.58. The van der Waals surface area contributed by atoms with Gasteiger partial charge < -0.3 is 10.1 Å². The van der Waals surface area contributed by atoms with Gasteiger partial charge in [0.25, 0.3) is 15.9 Å². The summed E-state index contributed by atoms with van der Waals surface area (Å²) in [6.07, 6.45) is 0. The first-order valence-corrected chi connectivity index (χ1v) is 11.9. The van der Waals surface area contributed by atoms with Gasteiger partial charge in [0.1, 0.15) is 0 Å². The van der Waals surface area contributed by atoms with Crippen LogP contribution in [0.2, 0.25) is 5.02 Å². The molecule has 2 N–H and O–H groups in total. The molecule has 7 nitrogen and oxygen atoms in total. The molecule has 0 heterocycles. The molecule has 0 aliphatic carbocycles. The lowest BCUT2D eigenvalue weighted by atomic mass is 10.1. The first-order valence-electron chi connectivity index (χ1n) is 10.1. The summed E-state index contributed by atoms with van der Waals surface area (Å²) in [4.78, 5) is 25.0. The zero-order chi connectivity index (χ0) is 24.2. The summed E-state index contributed by atoms with van der Waals surface area (Å²) in [6.45, 7) is 5.47. The summed E-state index contributed by atoms with van der Waals surface area (Å²) >= 11 is 6.06. The molecular weight excluding hydrogens is 464 g/mol. The number of amides is 1. The van der Waals surface area contributed by atoms with Crippen molar-refractivity contribution >= 4 is 44.9 Å². The third kappa shape index (κ3) is 5.91. The molecule has 3 rings (SSSR count). The van der Waals surface area contributed by atoms with Gasteiger partial charge in [0.05, 0.1) is 27.8 Å². The Balaban J connectivity index is 1.83. The van der Waals surface area contributed by atoms with Gasteiger partial charge in [-0.05, 0) is 68.8 Å². The lowest BCUT2D eigenvalue weighted by Gasteiger charge is -2.13. The number of rotatable bonds is 7. The number of halogens is 1. The monoisotopic (exact) mass is 486 g/mol. The van der Waals surface area contributed by atoms with E-state index in [1.54, 1.807) is 44.2 Å². The Labute approximate surface area is 197 Å². The van der Waals surface area contributed by atoms with Gasteiger partial charge >= 0.3 is 5.97 Å². The Morgan fingerprint density at radius 2 is 1.67 bits per heavy atom. The fourth-order valence-electron chi connectivity index (χ4n) is 2.97. The second kappa shape index (κ2) is 10.1. The van der Waals surface area contributed by atoms with E-state index in [2.05, 4.69) is 10.0 Å². The van der Waals surface area contributed by atoms with E-state index in [0.717, 1.165) is 5.56 Å². The first-order chi connectivity index (χ1) is 15.6. The van der Waals surface area contributed by atoms with Gasteiger partial charge in [0, 0.05) is 11.3 Å². The number of hydrogen-bond donors (Lipinski definition) is 2. The number of ether oxygens (including phenoxy) is 1. The lowest BCUT2D eigenvalue weighted by Crippen LogP contribution is -2.16. The largest absolute Gasteiger partial charge is 0.462 e. The third-order valence-electron chi connectivity index (χ3n) is 4.79. The van der Waals surface area contributed by atoms with Crippen LogP contribution >= 0.6 is 11.6 Å². The third-order valence-corrected chi connectivity index (χ3v) is 6.51. The summed E-state index contributed by atoms with van der Waals surface area (Å²) < 4.78 is 33.0. The molecule has 1 amide bonds. The molecule has 0 atom stereocenters. The van der Waals surface area contributed by atoms with Crippen LogP contribution < -0.4 is 10.0 Å². The van der Waals surface area contributed by atoms with Crippen molar-refractivity contribution in [3.05, 3.63) is 87.9 Å². The number of esters is 1. The van der Waals surface area contributed by atoms with Crippen molar-refractivity contribution in [2.24, 2.45) is 0 Å². The van der Waals surface area contributed by atoms with E-state index in [0.29, 0.717) is 11.3 Å². The maximum absolute atomic E-state index is 12.8. The van der Waals surface area contributed by atoms with E-state index in [9.17, 15) is 18.0 Å². The van der Waals surface area contributed by atoms with Crippen molar-refractivity contribution in [1.29, 1.82) is 0 Å². The van der Waals surface area contributed by atoms with Crippen molar-refractivity contribution in [2.45, 2.75) is 25.7 Å². The molecule has 172 valence electrons. The number of carbonyl (C=O) groups is 2. The minimum atomic E-state index is -3.83. The summed E-state index contributed by atoms with van der Waals surface area (Å²) in [6, 6.07) is 15.6. The van der Waals surface area contributed by atoms with Crippen LogP contribution in [0.4, 0.5) is 11.4 Å². The maximum Gasteiger partial charge on any atom is 0.339 e. The normalized spacial score (nSPS) is 11.0. The van der Waals surface area contributed by atoms with Gasteiger partial charge in [-0.25, -0.2) is 13.2 Å². The fraction of sp³-hybridized carbons (Fsp3) is 0.167. The molecule has 0 saturated heterocycles. The first kappa shape index (κ1) is 24.3. The second-order valence-corrected chi connectivity index (χ2v) is 9.41. The topological polar surface area (TPSA) is 102 Å². The smallest absolute Gasteiger partial charge is 0.339 e. The van der Waals surface area contributed by atoms with Crippen LogP contribution in [0, 0.1) is 13.8 Å². The predicted octanol–water partition coefficient (Wildman–Crippen LogP) is 5.19. The van der Waals surface area contributed by atoms with Gasteiger partial charge in [-0.15, -0.1) is 0 Å². The van der Waals surface area contributed by atoms with Crippen LogP contribution in [0.1, 0.15) is 38.8 Å². The van der Waals surface area contributed by atoms with Gasteiger partial charge in [-0.1, -0.05) is 35.4 Å². The SMILES string of the molecule is CCOC(=O)c1cc(NC(=O)c2ccc(C)c(NS(=O)(=O)c3ccc(C)cc3)c2)ccc1Cl. The molecule has 3 aromatic rings.